The number of pyridine rings is 1. The molecule has 0 aromatic carbocycles. The third-order valence-electron chi connectivity index (χ3n) is 3.59. The van der Waals surface area contributed by atoms with Gasteiger partial charge in [0.15, 0.2) is 11.1 Å². The van der Waals surface area contributed by atoms with Gasteiger partial charge in [-0.25, -0.2) is 19.7 Å². The highest BCUT2D eigenvalue weighted by molar-refractivity contribution is 5.94. The van der Waals surface area contributed by atoms with Crippen LogP contribution in [0.5, 0.6) is 0 Å². The maximum atomic E-state index is 12.7. The van der Waals surface area contributed by atoms with Gasteiger partial charge in [0.1, 0.15) is 5.82 Å². The smallest absolute Gasteiger partial charge is 0.337 e. The average molecular weight is 313 g/mol. The molecule has 0 saturated heterocycles. The number of aromatic carboxylic acids is 1. The third kappa shape index (κ3) is 2.44. The van der Waals surface area contributed by atoms with Crippen molar-refractivity contribution in [3.05, 3.63) is 39.6 Å². The number of carboxylic acid groups (broad SMARTS) is 1. The van der Waals surface area contributed by atoms with Crippen LogP contribution in [0.4, 0.5) is 0 Å². The molecule has 0 fully saturated rings. The Labute approximate surface area is 131 Å². The monoisotopic (exact) mass is 313 g/mol. The molecule has 3 rings (SSSR count). The second-order valence-corrected chi connectivity index (χ2v) is 5.52. The second kappa shape index (κ2) is 5.42. The van der Waals surface area contributed by atoms with Gasteiger partial charge in [0, 0.05) is 5.92 Å². The maximum Gasteiger partial charge on any atom is 0.337 e. The largest absolute Gasteiger partial charge is 0.478 e. The molecule has 3 aromatic heterocycles. The van der Waals surface area contributed by atoms with Crippen LogP contribution in [0.15, 0.2) is 21.5 Å². The summed E-state index contributed by atoms with van der Waals surface area (Å²) in [6.07, 6.45) is 1.87. The molecule has 7 nitrogen and oxygen atoms in total. The van der Waals surface area contributed by atoms with E-state index in [-0.39, 0.29) is 33.7 Å². The molecule has 7 heteroatoms. The van der Waals surface area contributed by atoms with Gasteiger partial charge in [0.2, 0.25) is 11.1 Å². The molecule has 118 valence electrons. The molecular formula is C16H15N3O4. The van der Waals surface area contributed by atoms with Crippen LogP contribution in [-0.4, -0.2) is 26.0 Å². The van der Waals surface area contributed by atoms with Crippen molar-refractivity contribution in [2.45, 2.75) is 33.1 Å². The Bertz CT molecular complexity index is 992. The summed E-state index contributed by atoms with van der Waals surface area (Å²) in [6.45, 7) is 5.63. The molecule has 0 aliphatic carbocycles. The van der Waals surface area contributed by atoms with E-state index >= 15 is 0 Å². The summed E-state index contributed by atoms with van der Waals surface area (Å²) in [5, 5.41) is 9.39. The number of hydrogen-bond donors (Lipinski definition) is 1. The van der Waals surface area contributed by atoms with Gasteiger partial charge >= 0.3 is 5.97 Å². The molecule has 1 N–H and O–H groups in total. The molecule has 0 amide bonds. The molecule has 0 spiro atoms. The normalized spacial score (nSPS) is 11.5. The zero-order chi connectivity index (χ0) is 16.7. The van der Waals surface area contributed by atoms with E-state index in [4.69, 9.17) is 4.42 Å². The number of nitrogens with zero attached hydrogens (tertiary/aromatic N) is 3. The van der Waals surface area contributed by atoms with Gasteiger partial charge in [0.25, 0.3) is 0 Å². The predicted molar refractivity (Wildman–Crippen MR) is 83.8 cm³/mol. The van der Waals surface area contributed by atoms with Gasteiger partial charge in [-0.05, 0) is 12.5 Å². The summed E-state index contributed by atoms with van der Waals surface area (Å²) >= 11 is 0. The van der Waals surface area contributed by atoms with E-state index in [1.807, 2.05) is 13.8 Å². The molecule has 0 unspecified atom stereocenters. The lowest BCUT2D eigenvalue weighted by Crippen LogP contribution is -2.11. The summed E-state index contributed by atoms with van der Waals surface area (Å²) in [5.74, 6) is -0.535. The van der Waals surface area contributed by atoms with Gasteiger partial charge in [-0.15, -0.1) is 0 Å². The van der Waals surface area contributed by atoms with Gasteiger partial charge in [-0.1, -0.05) is 20.8 Å². The lowest BCUT2D eigenvalue weighted by atomic mass is 10.1. The maximum absolute atomic E-state index is 12.7. The number of carbonyl (C=O) groups is 1. The minimum atomic E-state index is -1.12. The van der Waals surface area contributed by atoms with E-state index in [1.165, 1.54) is 12.3 Å². The molecule has 0 aliphatic rings. The molecular weight excluding hydrogens is 298 g/mol. The van der Waals surface area contributed by atoms with E-state index in [0.717, 1.165) is 0 Å². The molecule has 0 saturated carbocycles. The van der Waals surface area contributed by atoms with Gasteiger partial charge in [-0.2, -0.15) is 0 Å². The summed E-state index contributed by atoms with van der Waals surface area (Å²) in [4.78, 5) is 36.6. The highest BCUT2D eigenvalue weighted by Gasteiger charge is 2.18. The Morgan fingerprint density at radius 1 is 1.35 bits per heavy atom. The first kappa shape index (κ1) is 15.1. The van der Waals surface area contributed by atoms with Crippen molar-refractivity contribution in [2.24, 2.45) is 0 Å². The molecule has 3 aromatic rings. The van der Waals surface area contributed by atoms with Crippen molar-refractivity contribution in [3.63, 3.8) is 0 Å². The Kier molecular flexibility index (Phi) is 3.55. The molecule has 0 aliphatic heterocycles. The number of carboxylic acids is 1. The van der Waals surface area contributed by atoms with Gasteiger partial charge < -0.3 is 9.52 Å². The van der Waals surface area contributed by atoms with Crippen molar-refractivity contribution >= 4 is 28.2 Å². The lowest BCUT2D eigenvalue weighted by molar-refractivity contribution is 0.0695. The Morgan fingerprint density at radius 2 is 2.09 bits per heavy atom. The standard InChI is InChI=1S/C16H15N3O4/c1-4-10-8(16(21)22)5-9-13(20)12-11(23-15(9)18-10)6-17-14(19-12)7(2)3/h5-7H,4H2,1-3H3,(H,21,22). The van der Waals surface area contributed by atoms with E-state index in [1.54, 1.807) is 6.92 Å². The lowest BCUT2D eigenvalue weighted by Gasteiger charge is -2.07. The first-order valence-electron chi connectivity index (χ1n) is 7.29. The average Bonchev–Trinajstić information content (AvgIpc) is 2.53. The second-order valence-electron chi connectivity index (χ2n) is 5.52. The molecule has 0 atom stereocenters. The van der Waals surface area contributed by atoms with Crippen LogP contribution < -0.4 is 5.43 Å². The van der Waals surface area contributed by atoms with E-state index in [9.17, 15) is 14.7 Å². The Hall–Kier alpha value is -2.83. The molecule has 3 heterocycles. The van der Waals surface area contributed by atoms with Crippen molar-refractivity contribution in [1.82, 2.24) is 15.0 Å². The number of aromatic nitrogens is 3. The number of hydrogen-bond acceptors (Lipinski definition) is 6. The third-order valence-corrected chi connectivity index (χ3v) is 3.59. The fourth-order valence-corrected chi connectivity index (χ4v) is 2.36. The number of fused-ring (bicyclic) bond motifs is 2. The Balaban J connectivity index is 2.41. The van der Waals surface area contributed by atoms with Crippen LogP contribution in [0.25, 0.3) is 22.2 Å². The van der Waals surface area contributed by atoms with Crippen molar-refractivity contribution in [1.29, 1.82) is 0 Å². The quantitative estimate of drug-likeness (QED) is 0.740. The van der Waals surface area contributed by atoms with E-state index < -0.39 is 11.4 Å². The van der Waals surface area contributed by atoms with Crippen molar-refractivity contribution in [2.75, 3.05) is 0 Å². The fraction of sp³-hybridized carbons (Fsp3) is 0.312. The van der Waals surface area contributed by atoms with Crippen LogP contribution in [0.3, 0.4) is 0 Å². The molecule has 0 radical (unpaired) electrons. The SMILES string of the molecule is CCc1nc2oc3cnc(C(C)C)nc3c(=O)c2cc1C(=O)O. The van der Waals surface area contributed by atoms with Crippen LogP contribution in [0.1, 0.15) is 48.6 Å². The zero-order valence-electron chi connectivity index (χ0n) is 13.0. The topological polar surface area (TPSA) is 106 Å². The summed E-state index contributed by atoms with van der Waals surface area (Å²) in [6, 6.07) is 1.31. The van der Waals surface area contributed by atoms with Crippen LogP contribution in [0.2, 0.25) is 0 Å². The number of aryl methyl sites for hydroxylation is 1. The zero-order valence-corrected chi connectivity index (χ0v) is 13.0. The minimum absolute atomic E-state index is 0.00443. The number of rotatable bonds is 3. The highest BCUT2D eigenvalue weighted by Crippen LogP contribution is 2.20. The fourth-order valence-electron chi connectivity index (χ4n) is 2.36. The summed E-state index contributed by atoms with van der Waals surface area (Å²) in [5.41, 5.74) is 0.452. The van der Waals surface area contributed by atoms with E-state index in [0.29, 0.717) is 17.9 Å². The molecule has 23 heavy (non-hydrogen) atoms. The van der Waals surface area contributed by atoms with Gasteiger partial charge in [0.05, 0.1) is 22.8 Å². The van der Waals surface area contributed by atoms with Crippen LogP contribution >= 0.6 is 0 Å². The first-order valence-corrected chi connectivity index (χ1v) is 7.29. The Morgan fingerprint density at radius 3 is 2.70 bits per heavy atom. The summed E-state index contributed by atoms with van der Waals surface area (Å²) in [7, 11) is 0. The molecule has 0 bridgehead atoms. The highest BCUT2D eigenvalue weighted by atomic mass is 16.4. The predicted octanol–water partition coefficient (Wildman–Crippen LogP) is 2.52. The van der Waals surface area contributed by atoms with Crippen molar-refractivity contribution in [3.8, 4) is 0 Å². The first-order chi connectivity index (χ1) is 10.9. The van der Waals surface area contributed by atoms with Crippen LogP contribution in [0, 0.1) is 0 Å². The van der Waals surface area contributed by atoms with Gasteiger partial charge in [-0.3, -0.25) is 4.79 Å². The van der Waals surface area contributed by atoms with E-state index in [2.05, 4.69) is 15.0 Å². The van der Waals surface area contributed by atoms with Crippen LogP contribution in [-0.2, 0) is 6.42 Å². The summed E-state index contributed by atoms with van der Waals surface area (Å²) < 4.78 is 5.61. The van der Waals surface area contributed by atoms with Crippen molar-refractivity contribution < 1.29 is 14.3 Å². The minimum Gasteiger partial charge on any atom is -0.478 e.